The molecular formula is C17H28N2O. The van der Waals surface area contributed by atoms with E-state index in [0.29, 0.717) is 5.92 Å². The Labute approximate surface area is 123 Å². The highest BCUT2D eigenvalue weighted by atomic mass is 16.2. The monoisotopic (exact) mass is 276 g/mol. The fourth-order valence-electron chi connectivity index (χ4n) is 2.45. The highest BCUT2D eigenvalue weighted by Crippen LogP contribution is 2.28. The van der Waals surface area contributed by atoms with Gasteiger partial charge in [-0.1, -0.05) is 50.6 Å². The normalized spacial score (nSPS) is 13.8. The van der Waals surface area contributed by atoms with Crippen molar-refractivity contribution in [1.82, 2.24) is 10.2 Å². The number of nitrogens with one attached hydrogen (secondary N) is 1. The van der Waals surface area contributed by atoms with Gasteiger partial charge in [-0.05, 0) is 31.5 Å². The summed E-state index contributed by atoms with van der Waals surface area (Å²) in [5.41, 5.74) is 1.13. The molecule has 0 radical (unpaired) electrons. The molecule has 0 aliphatic rings. The molecule has 1 amide bonds. The summed E-state index contributed by atoms with van der Waals surface area (Å²) >= 11 is 0. The first-order valence-corrected chi connectivity index (χ1v) is 7.56. The van der Waals surface area contributed by atoms with Crippen LogP contribution in [0.5, 0.6) is 0 Å². The van der Waals surface area contributed by atoms with Crippen LogP contribution in [0.25, 0.3) is 0 Å². The van der Waals surface area contributed by atoms with Gasteiger partial charge < -0.3 is 10.2 Å². The highest BCUT2D eigenvalue weighted by molar-refractivity contribution is 5.83. The average molecular weight is 276 g/mol. The van der Waals surface area contributed by atoms with E-state index in [2.05, 4.69) is 31.3 Å². The molecule has 2 atom stereocenters. The Kier molecular flexibility index (Phi) is 7.31. The number of hydrogen-bond donors (Lipinski definition) is 1. The average Bonchev–Trinajstić information content (AvgIpc) is 2.48. The summed E-state index contributed by atoms with van der Waals surface area (Å²) in [5, 5.41) is 3.12. The summed E-state index contributed by atoms with van der Waals surface area (Å²) in [4.78, 5) is 14.6. The number of carbonyl (C=O) groups is 1. The fourth-order valence-corrected chi connectivity index (χ4v) is 2.45. The van der Waals surface area contributed by atoms with Gasteiger partial charge >= 0.3 is 0 Å². The SMILES string of the molecule is CCC(C)C(C(=O)N(C)CCCNC)c1ccccc1. The van der Waals surface area contributed by atoms with Gasteiger partial charge in [-0.25, -0.2) is 0 Å². The Morgan fingerprint density at radius 2 is 1.95 bits per heavy atom. The van der Waals surface area contributed by atoms with E-state index in [0.717, 1.165) is 31.5 Å². The molecule has 0 aliphatic carbocycles. The number of likely N-dealkylation sites (N-methyl/N-ethyl adjacent to an activating group) is 1. The van der Waals surface area contributed by atoms with E-state index >= 15 is 0 Å². The molecule has 1 aromatic rings. The quantitative estimate of drug-likeness (QED) is 0.741. The third-order valence-electron chi connectivity index (χ3n) is 3.93. The minimum absolute atomic E-state index is 0.0271. The van der Waals surface area contributed by atoms with Gasteiger partial charge in [0.1, 0.15) is 0 Å². The molecule has 0 heterocycles. The third kappa shape index (κ3) is 4.64. The van der Waals surface area contributed by atoms with Gasteiger partial charge in [0.05, 0.1) is 5.92 Å². The maximum absolute atomic E-state index is 12.7. The van der Waals surface area contributed by atoms with Crippen molar-refractivity contribution < 1.29 is 4.79 Å². The molecule has 1 N–H and O–H groups in total. The topological polar surface area (TPSA) is 32.3 Å². The lowest BCUT2D eigenvalue weighted by atomic mass is 9.84. The Bertz CT molecular complexity index is 391. The summed E-state index contributed by atoms with van der Waals surface area (Å²) in [6.45, 7) is 6.06. The summed E-state index contributed by atoms with van der Waals surface area (Å²) in [6.07, 6.45) is 2.00. The lowest BCUT2D eigenvalue weighted by Crippen LogP contribution is -2.36. The van der Waals surface area contributed by atoms with Crippen LogP contribution in [0.4, 0.5) is 0 Å². The van der Waals surface area contributed by atoms with Gasteiger partial charge in [0.15, 0.2) is 0 Å². The van der Waals surface area contributed by atoms with E-state index < -0.39 is 0 Å². The number of rotatable bonds is 8. The van der Waals surface area contributed by atoms with Gasteiger partial charge in [-0.2, -0.15) is 0 Å². The van der Waals surface area contributed by atoms with E-state index in [1.54, 1.807) is 0 Å². The summed E-state index contributed by atoms with van der Waals surface area (Å²) < 4.78 is 0. The maximum atomic E-state index is 12.7. The van der Waals surface area contributed by atoms with Crippen LogP contribution in [0.15, 0.2) is 30.3 Å². The van der Waals surface area contributed by atoms with E-state index in [-0.39, 0.29) is 11.8 Å². The number of amides is 1. The van der Waals surface area contributed by atoms with Crippen molar-refractivity contribution in [2.75, 3.05) is 27.2 Å². The second-order valence-corrected chi connectivity index (χ2v) is 5.49. The zero-order valence-electron chi connectivity index (χ0n) is 13.2. The van der Waals surface area contributed by atoms with Gasteiger partial charge in [-0.3, -0.25) is 4.79 Å². The van der Waals surface area contributed by atoms with Crippen molar-refractivity contribution in [2.24, 2.45) is 5.92 Å². The lowest BCUT2D eigenvalue weighted by Gasteiger charge is -2.28. The largest absolute Gasteiger partial charge is 0.345 e. The molecule has 0 spiro atoms. The standard InChI is InChI=1S/C17H28N2O/c1-5-14(2)16(15-10-7-6-8-11-15)17(20)19(4)13-9-12-18-3/h6-8,10-11,14,16,18H,5,9,12-13H2,1-4H3. The molecular weight excluding hydrogens is 248 g/mol. The summed E-state index contributed by atoms with van der Waals surface area (Å²) in [5.74, 6) is 0.569. The Hall–Kier alpha value is -1.35. The first kappa shape index (κ1) is 16.7. The second kappa shape index (κ2) is 8.75. The molecule has 112 valence electrons. The molecule has 1 rings (SSSR count). The number of carbonyl (C=O) groups excluding carboxylic acids is 1. The van der Waals surface area contributed by atoms with Crippen molar-refractivity contribution in [1.29, 1.82) is 0 Å². The molecule has 0 saturated carbocycles. The molecule has 20 heavy (non-hydrogen) atoms. The summed E-state index contributed by atoms with van der Waals surface area (Å²) in [7, 11) is 3.85. The second-order valence-electron chi connectivity index (χ2n) is 5.49. The van der Waals surface area contributed by atoms with Crippen molar-refractivity contribution in [2.45, 2.75) is 32.6 Å². The molecule has 1 aromatic carbocycles. The first-order chi connectivity index (χ1) is 9.61. The van der Waals surface area contributed by atoms with Gasteiger partial charge in [0, 0.05) is 13.6 Å². The third-order valence-corrected chi connectivity index (χ3v) is 3.93. The van der Waals surface area contributed by atoms with E-state index in [9.17, 15) is 4.79 Å². The molecule has 3 heteroatoms. The fraction of sp³-hybridized carbons (Fsp3) is 0.588. The molecule has 3 nitrogen and oxygen atoms in total. The molecule has 0 fully saturated rings. The van der Waals surface area contributed by atoms with Crippen LogP contribution < -0.4 is 5.32 Å². The summed E-state index contributed by atoms with van der Waals surface area (Å²) in [6, 6.07) is 10.2. The highest BCUT2D eigenvalue weighted by Gasteiger charge is 2.27. The molecule has 0 aromatic heterocycles. The number of nitrogens with zero attached hydrogens (tertiary/aromatic N) is 1. The van der Waals surface area contributed by atoms with Crippen LogP contribution in [-0.2, 0) is 4.79 Å². The van der Waals surface area contributed by atoms with Crippen molar-refractivity contribution >= 4 is 5.91 Å². The molecule has 2 unspecified atom stereocenters. The molecule has 0 saturated heterocycles. The van der Waals surface area contributed by atoms with Crippen LogP contribution in [0.1, 0.15) is 38.2 Å². The Morgan fingerprint density at radius 1 is 1.30 bits per heavy atom. The van der Waals surface area contributed by atoms with Crippen molar-refractivity contribution in [3.05, 3.63) is 35.9 Å². The lowest BCUT2D eigenvalue weighted by molar-refractivity contribution is -0.132. The first-order valence-electron chi connectivity index (χ1n) is 7.56. The number of hydrogen-bond acceptors (Lipinski definition) is 2. The zero-order valence-corrected chi connectivity index (χ0v) is 13.2. The van der Waals surface area contributed by atoms with Gasteiger partial charge in [-0.15, -0.1) is 0 Å². The minimum Gasteiger partial charge on any atom is -0.345 e. The van der Waals surface area contributed by atoms with Crippen LogP contribution in [-0.4, -0.2) is 38.0 Å². The van der Waals surface area contributed by atoms with Gasteiger partial charge in [0.2, 0.25) is 5.91 Å². The van der Waals surface area contributed by atoms with Crippen LogP contribution in [0.2, 0.25) is 0 Å². The predicted octanol–water partition coefficient (Wildman–Crippen LogP) is 2.88. The van der Waals surface area contributed by atoms with Crippen molar-refractivity contribution in [3.63, 3.8) is 0 Å². The smallest absolute Gasteiger partial charge is 0.230 e. The Morgan fingerprint density at radius 3 is 2.50 bits per heavy atom. The van der Waals surface area contributed by atoms with Crippen LogP contribution in [0.3, 0.4) is 0 Å². The van der Waals surface area contributed by atoms with E-state index in [1.165, 1.54) is 0 Å². The Balaban J connectivity index is 2.80. The van der Waals surface area contributed by atoms with Crippen LogP contribution in [0, 0.1) is 5.92 Å². The number of benzene rings is 1. The van der Waals surface area contributed by atoms with Crippen LogP contribution >= 0.6 is 0 Å². The van der Waals surface area contributed by atoms with Crippen molar-refractivity contribution in [3.8, 4) is 0 Å². The molecule has 0 aliphatic heterocycles. The van der Waals surface area contributed by atoms with Gasteiger partial charge in [0.25, 0.3) is 0 Å². The predicted molar refractivity (Wildman–Crippen MR) is 84.8 cm³/mol. The zero-order chi connectivity index (χ0) is 15.0. The van der Waals surface area contributed by atoms with E-state index in [4.69, 9.17) is 0 Å². The van der Waals surface area contributed by atoms with E-state index in [1.807, 2.05) is 37.2 Å². The molecule has 0 bridgehead atoms. The minimum atomic E-state index is -0.0271. The maximum Gasteiger partial charge on any atom is 0.230 e.